The van der Waals surface area contributed by atoms with E-state index in [4.69, 9.17) is 4.74 Å². The molecule has 1 aromatic carbocycles. The van der Waals surface area contributed by atoms with Gasteiger partial charge in [0.25, 0.3) is 0 Å². The van der Waals surface area contributed by atoms with Gasteiger partial charge in [-0.2, -0.15) is 18.3 Å². The van der Waals surface area contributed by atoms with Crippen LogP contribution in [0.5, 0.6) is 5.88 Å². The summed E-state index contributed by atoms with van der Waals surface area (Å²) >= 11 is 2.76. The van der Waals surface area contributed by atoms with Gasteiger partial charge in [0, 0.05) is 7.05 Å². The number of aromatic nitrogens is 2. The highest BCUT2D eigenvalue weighted by Gasteiger charge is 2.39. The fourth-order valence-corrected chi connectivity index (χ4v) is 2.14. The highest BCUT2D eigenvalue weighted by Crippen LogP contribution is 2.38. The summed E-state index contributed by atoms with van der Waals surface area (Å²) in [6.45, 7) is 0. The average Bonchev–Trinajstić information content (AvgIpc) is 2.67. The van der Waals surface area contributed by atoms with E-state index in [0.717, 1.165) is 4.68 Å². The van der Waals surface area contributed by atoms with Gasteiger partial charge in [-0.3, -0.25) is 0 Å². The number of ether oxygens (including phenoxy) is 1. The van der Waals surface area contributed by atoms with Crippen molar-refractivity contribution in [2.24, 2.45) is 7.05 Å². The van der Waals surface area contributed by atoms with Crippen molar-refractivity contribution in [1.82, 2.24) is 9.78 Å². The fourth-order valence-electron chi connectivity index (χ4n) is 1.50. The maximum Gasteiger partial charge on any atom is 0.436 e. The van der Waals surface area contributed by atoms with Gasteiger partial charge in [-0.15, -0.1) is 0 Å². The lowest BCUT2D eigenvalue weighted by molar-refractivity contribution is -0.142. The van der Waals surface area contributed by atoms with E-state index in [2.05, 4.69) is 21.0 Å². The van der Waals surface area contributed by atoms with Crippen LogP contribution in [0.25, 0.3) is 0 Å². The number of aryl methyl sites for hydroxylation is 1. The molecule has 0 N–H and O–H groups in total. The fraction of sp³-hybridized carbons (Fsp3) is 0.167. The van der Waals surface area contributed by atoms with Crippen LogP contribution < -0.4 is 4.74 Å². The van der Waals surface area contributed by atoms with E-state index in [1.165, 1.54) is 19.2 Å². The van der Waals surface area contributed by atoms with Gasteiger partial charge in [-0.25, -0.2) is 9.48 Å². The first-order valence-electron chi connectivity index (χ1n) is 5.37. The Morgan fingerprint density at radius 1 is 1.30 bits per heavy atom. The molecule has 0 unspecified atom stereocenters. The number of carbonyl (C=O) groups excluding carboxylic acids is 1. The monoisotopic (exact) mass is 348 g/mol. The number of hydrogen-bond acceptors (Lipinski definition) is 3. The van der Waals surface area contributed by atoms with E-state index in [9.17, 15) is 18.0 Å². The number of alkyl halides is 3. The van der Waals surface area contributed by atoms with Gasteiger partial charge >= 0.3 is 12.1 Å². The number of rotatable bonds is 2. The van der Waals surface area contributed by atoms with Gasteiger partial charge in [-0.05, 0) is 28.1 Å². The lowest BCUT2D eigenvalue weighted by Crippen LogP contribution is -2.11. The van der Waals surface area contributed by atoms with E-state index in [1.807, 2.05) is 0 Å². The highest BCUT2D eigenvalue weighted by molar-refractivity contribution is 9.10. The standard InChI is InChI=1S/C12H8BrF3N2O2/c1-18-10(8(13)9(17-18)12(14,15)16)20-11(19)7-5-3-2-4-6-7/h2-6H,1H3. The summed E-state index contributed by atoms with van der Waals surface area (Å²) in [6, 6.07) is 7.94. The molecule has 0 fully saturated rings. The van der Waals surface area contributed by atoms with Crippen molar-refractivity contribution in [3.8, 4) is 5.88 Å². The minimum Gasteiger partial charge on any atom is -0.403 e. The number of hydrogen-bond donors (Lipinski definition) is 0. The second kappa shape index (κ2) is 5.28. The van der Waals surface area contributed by atoms with Gasteiger partial charge in [0.2, 0.25) is 5.88 Å². The lowest BCUT2D eigenvalue weighted by Gasteiger charge is -2.05. The zero-order valence-corrected chi connectivity index (χ0v) is 11.7. The molecule has 106 valence electrons. The zero-order chi connectivity index (χ0) is 14.9. The topological polar surface area (TPSA) is 44.1 Å². The van der Waals surface area contributed by atoms with Crippen molar-refractivity contribution in [2.45, 2.75) is 6.18 Å². The van der Waals surface area contributed by atoms with Crippen LogP contribution in [0.1, 0.15) is 16.1 Å². The number of benzene rings is 1. The predicted octanol–water partition coefficient (Wildman–Crippen LogP) is 3.42. The molecule has 0 aliphatic carbocycles. The van der Waals surface area contributed by atoms with E-state index < -0.39 is 22.3 Å². The quantitative estimate of drug-likeness (QED) is 0.781. The molecule has 0 spiro atoms. The number of carbonyl (C=O) groups is 1. The molecule has 0 aliphatic rings. The largest absolute Gasteiger partial charge is 0.436 e. The molecule has 0 bridgehead atoms. The van der Waals surface area contributed by atoms with E-state index in [1.54, 1.807) is 18.2 Å². The average molecular weight is 349 g/mol. The van der Waals surface area contributed by atoms with Crippen LogP contribution in [0.2, 0.25) is 0 Å². The van der Waals surface area contributed by atoms with E-state index >= 15 is 0 Å². The van der Waals surface area contributed by atoms with Crippen molar-refractivity contribution < 1.29 is 22.7 Å². The summed E-state index contributed by atoms with van der Waals surface area (Å²) in [5.41, 5.74) is -0.912. The second-order valence-corrected chi connectivity index (χ2v) is 4.64. The first kappa shape index (κ1) is 14.6. The molecule has 4 nitrogen and oxygen atoms in total. The summed E-state index contributed by atoms with van der Waals surface area (Å²) in [5, 5.41) is 3.30. The van der Waals surface area contributed by atoms with Crippen LogP contribution >= 0.6 is 15.9 Å². The molecule has 8 heteroatoms. The summed E-state index contributed by atoms with van der Waals surface area (Å²) in [6.07, 6.45) is -4.63. The van der Waals surface area contributed by atoms with Crippen molar-refractivity contribution >= 4 is 21.9 Å². The van der Waals surface area contributed by atoms with Gasteiger partial charge in [0.05, 0.1) is 5.56 Å². The molecule has 1 heterocycles. The third-order valence-corrected chi connectivity index (χ3v) is 3.12. The van der Waals surface area contributed by atoms with Crippen molar-refractivity contribution in [2.75, 3.05) is 0 Å². The van der Waals surface area contributed by atoms with Crippen molar-refractivity contribution in [3.63, 3.8) is 0 Å². The summed E-state index contributed by atoms with van der Waals surface area (Å²) < 4.78 is 43.4. The number of halogens is 4. The van der Waals surface area contributed by atoms with Gasteiger partial charge in [-0.1, -0.05) is 18.2 Å². The van der Waals surface area contributed by atoms with Crippen molar-refractivity contribution in [3.05, 3.63) is 46.1 Å². The van der Waals surface area contributed by atoms with Crippen LogP contribution in [-0.2, 0) is 13.2 Å². The second-order valence-electron chi connectivity index (χ2n) is 3.84. The normalized spacial score (nSPS) is 11.4. The molecule has 2 aromatic rings. The van der Waals surface area contributed by atoms with Gasteiger partial charge in [0.15, 0.2) is 5.69 Å². The third kappa shape index (κ3) is 2.84. The first-order valence-corrected chi connectivity index (χ1v) is 6.17. The van der Waals surface area contributed by atoms with Crippen LogP contribution in [0.3, 0.4) is 0 Å². The first-order chi connectivity index (χ1) is 9.30. The molecule has 0 saturated carbocycles. The Morgan fingerprint density at radius 3 is 2.40 bits per heavy atom. The summed E-state index contributed by atoms with van der Waals surface area (Å²) in [5.74, 6) is -1.06. The van der Waals surface area contributed by atoms with Crippen LogP contribution in [0, 0.1) is 0 Å². The van der Waals surface area contributed by atoms with Crippen LogP contribution in [-0.4, -0.2) is 15.7 Å². The Bertz CT molecular complexity index is 638. The van der Waals surface area contributed by atoms with Gasteiger partial charge in [0.1, 0.15) is 4.47 Å². The Labute approximate surface area is 120 Å². The van der Waals surface area contributed by atoms with E-state index in [-0.39, 0.29) is 11.4 Å². The third-order valence-electron chi connectivity index (χ3n) is 2.41. The molecule has 0 aliphatic heterocycles. The smallest absolute Gasteiger partial charge is 0.403 e. The Hall–Kier alpha value is -1.83. The minimum absolute atomic E-state index is 0.231. The summed E-state index contributed by atoms with van der Waals surface area (Å²) in [4.78, 5) is 11.8. The maximum absolute atomic E-state index is 12.7. The van der Waals surface area contributed by atoms with Crippen LogP contribution in [0.15, 0.2) is 34.8 Å². The molecule has 2 rings (SSSR count). The lowest BCUT2D eigenvalue weighted by atomic mass is 10.2. The minimum atomic E-state index is -4.63. The Kier molecular flexibility index (Phi) is 3.85. The van der Waals surface area contributed by atoms with Crippen molar-refractivity contribution in [1.29, 1.82) is 0 Å². The zero-order valence-electron chi connectivity index (χ0n) is 10.1. The number of nitrogens with zero attached hydrogens (tertiary/aromatic N) is 2. The number of esters is 1. The maximum atomic E-state index is 12.7. The van der Waals surface area contributed by atoms with E-state index in [0.29, 0.717) is 0 Å². The predicted molar refractivity (Wildman–Crippen MR) is 67.3 cm³/mol. The SMILES string of the molecule is Cn1nc(C(F)(F)F)c(Br)c1OC(=O)c1ccccc1. The summed E-state index contributed by atoms with van der Waals surface area (Å²) in [7, 11) is 1.26. The van der Waals surface area contributed by atoms with Gasteiger partial charge < -0.3 is 4.74 Å². The molecule has 20 heavy (non-hydrogen) atoms. The van der Waals surface area contributed by atoms with Crippen LogP contribution in [0.4, 0.5) is 13.2 Å². The molecule has 0 amide bonds. The Morgan fingerprint density at radius 2 is 1.90 bits per heavy atom. The Balaban J connectivity index is 2.31. The molecule has 1 aromatic heterocycles. The molecule has 0 saturated heterocycles. The molecule has 0 radical (unpaired) electrons. The molecule has 0 atom stereocenters. The molecular formula is C12H8BrF3N2O2. The molecular weight excluding hydrogens is 341 g/mol. The highest BCUT2D eigenvalue weighted by atomic mass is 79.9.